The summed E-state index contributed by atoms with van der Waals surface area (Å²) in [7, 11) is 0. The van der Waals surface area contributed by atoms with Crippen molar-refractivity contribution in [1.29, 1.82) is 0 Å². The van der Waals surface area contributed by atoms with Crippen LogP contribution in [-0.2, 0) is 9.59 Å². The van der Waals surface area contributed by atoms with E-state index in [-0.39, 0.29) is 17.7 Å². The molecule has 0 bridgehead atoms. The first-order chi connectivity index (χ1) is 14.5. The third-order valence-electron chi connectivity index (χ3n) is 7.52. The van der Waals surface area contributed by atoms with Gasteiger partial charge in [0.15, 0.2) is 0 Å². The normalized spacial score (nSPS) is 22.4. The maximum atomic E-state index is 12.7. The minimum atomic E-state index is -0.0117. The van der Waals surface area contributed by atoms with Crippen molar-refractivity contribution in [2.45, 2.75) is 45.4 Å². The molecule has 2 aromatic carbocycles. The molecule has 3 aliphatic rings. The van der Waals surface area contributed by atoms with Gasteiger partial charge in [-0.15, -0.1) is 0 Å². The molecule has 1 heterocycles. The topological polar surface area (TPSA) is 49.4 Å². The number of likely N-dealkylation sites (tertiary alicyclic amines) is 1. The van der Waals surface area contributed by atoms with Gasteiger partial charge in [-0.25, -0.2) is 0 Å². The average molecular weight is 403 g/mol. The Morgan fingerprint density at radius 3 is 2.33 bits per heavy atom. The number of aryl methyl sites for hydroxylation is 1. The number of piperidine rings is 1. The molecule has 1 saturated heterocycles. The highest BCUT2D eigenvalue weighted by molar-refractivity contribution is 5.93. The Morgan fingerprint density at radius 1 is 1.00 bits per heavy atom. The first-order valence-electron chi connectivity index (χ1n) is 11.3. The molecular weight excluding hydrogens is 372 g/mol. The van der Waals surface area contributed by atoms with Crippen molar-refractivity contribution in [2.75, 3.05) is 18.4 Å². The predicted molar refractivity (Wildman–Crippen MR) is 119 cm³/mol. The van der Waals surface area contributed by atoms with Crippen molar-refractivity contribution < 1.29 is 9.59 Å². The molecule has 5 rings (SSSR count). The first-order valence-corrected chi connectivity index (χ1v) is 11.3. The van der Waals surface area contributed by atoms with Crippen LogP contribution in [0.1, 0.15) is 44.1 Å². The minimum absolute atomic E-state index is 0.0117. The van der Waals surface area contributed by atoms with E-state index < -0.39 is 0 Å². The fraction of sp³-hybridized carbons (Fsp3) is 0.462. The van der Waals surface area contributed by atoms with E-state index in [0.717, 1.165) is 43.6 Å². The summed E-state index contributed by atoms with van der Waals surface area (Å²) in [6, 6.07) is 16.5. The number of hydrogen-bond acceptors (Lipinski definition) is 2. The van der Waals surface area contributed by atoms with Gasteiger partial charge in [-0.3, -0.25) is 9.59 Å². The highest BCUT2D eigenvalue weighted by Crippen LogP contribution is 2.66. The lowest BCUT2D eigenvalue weighted by Gasteiger charge is -2.33. The number of anilines is 1. The highest BCUT2D eigenvalue weighted by atomic mass is 16.2. The molecular formula is C26H30N2O2. The van der Waals surface area contributed by atoms with Crippen molar-refractivity contribution >= 4 is 17.5 Å². The van der Waals surface area contributed by atoms with Gasteiger partial charge in [0.05, 0.1) is 0 Å². The van der Waals surface area contributed by atoms with Crippen molar-refractivity contribution in [3.8, 4) is 11.1 Å². The largest absolute Gasteiger partial charge is 0.342 e. The fourth-order valence-corrected chi connectivity index (χ4v) is 5.28. The highest BCUT2D eigenvalue weighted by Gasteiger charge is 2.61. The zero-order valence-corrected chi connectivity index (χ0v) is 17.7. The Labute approximate surface area is 178 Å². The van der Waals surface area contributed by atoms with E-state index in [9.17, 15) is 9.59 Å². The summed E-state index contributed by atoms with van der Waals surface area (Å²) in [5.74, 6) is 0.693. The Bertz CT molecular complexity index is 953. The predicted octanol–water partition coefficient (Wildman–Crippen LogP) is 5.03. The molecule has 2 aromatic rings. The second-order valence-electron chi connectivity index (χ2n) is 9.51. The molecule has 1 aliphatic heterocycles. The minimum Gasteiger partial charge on any atom is -0.342 e. The second kappa shape index (κ2) is 7.57. The maximum Gasteiger partial charge on any atom is 0.227 e. The Kier molecular flexibility index (Phi) is 4.88. The molecule has 2 amide bonds. The van der Waals surface area contributed by atoms with Gasteiger partial charge in [0.1, 0.15) is 0 Å². The number of rotatable bonds is 4. The van der Waals surface area contributed by atoms with Crippen LogP contribution < -0.4 is 5.32 Å². The molecule has 2 aliphatic carbocycles. The van der Waals surface area contributed by atoms with Crippen LogP contribution in [0, 0.1) is 24.2 Å². The molecule has 2 saturated carbocycles. The van der Waals surface area contributed by atoms with Crippen molar-refractivity contribution in [1.82, 2.24) is 4.90 Å². The van der Waals surface area contributed by atoms with E-state index in [1.807, 2.05) is 17.0 Å². The number of nitrogens with one attached hydrogen (secondary N) is 1. The maximum absolute atomic E-state index is 12.7. The molecule has 1 atom stereocenters. The third kappa shape index (κ3) is 3.64. The van der Waals surface area contributed by atoms with Crippen molar-refractivity contribution in [3.63, 3.8) is 0 Å². The molecule has 4 heteroatoms. The Balaban J connectivity index is 1.13. The zero-order chi connectivity index (χ0) is 20.7. The molecule has 1 N–H and O–H groups in total. The molecule has 1 spiro atoms. The van der Waals surface area contributed by atoms with E-state index in [1.165, 1.54) is 30.4 Å². The Hall–Kier alpha value is -2.62. The molecule has 30 heavy (non-hydrogen) atoms. The number of nitrogens with zero attached hydrogens (tertiary/aromatic N) is 1. The number of hydrogen-bond donors (Lipinski definition) is 1. The summed E-state index contributed by atoms with van der Waals surface area (Å²) in [6.07, 6.45) is 6.40. The number of carbonyl (C=O) groups excluding carboxylic acids is 2. The van der Waals surface area contributed by atoms with Crippen molar-refractivity contribution in [2.24, 2.45) is 17.3 Å². The molecule has 0 unspecified atom stereocenters. The molecule has 4 nitrogen and oxygen atoms in total. The number of amides is 2. The van der Waals surface area contributed by atoms with E-state index in [2.05, 4.69) is 48.6 Å². The zero-order valence-electron chi connectivity index (χ0n) is 17.7. The molecule has 3 fully saturated rings. The van der Waals surface area contributed by atoms with Crippen LogP contribution in [0.15, 0.2) is 48.5 Å². The van der Waals surface area contributed by atoms with Gasteiger partial charge in [-0.1, -0.05) is 48.4 Å². The fourth-order valence-electron chi connectivity index (χ4n) is 5.28. The third-order valence-corrected chi connectivity index (χ3v) is 7.52. The smallest absolute Gasteiger partial charge is 0.227 e. The monoisotopic (exact) mass is 402 g/mol. The van der Waals surface area contributed by atoms with Gasteiger partial charge in [0.25, 0.3) is 0 Å². The van der Waals surface area contributed by atoms with Gasteiger partial charge in [-0.2, -0.15) is 0 Å². The van der Waals surface area contributed by atoms with E-state index in [4.69, 9.17) is 0 Å². The summed E-state index contributed by atoms with van der Waals surface area (Å²) in [4.78, 5) is 27.5. The SMILES string of the molecule is Cc1cccc(-c2ccc(NC(=O)C3CCN(C(=O)[C@@H]4CC45CCC5)CC3)cc2)c1. The van der Waals surface area contributed by atoms with Crippen LogP contribution >= 0.6 is 0 Å². The van der Waals surface area contributed by atoms with Crippen LogP contribution in [0.3, 0.4) is 0 Å². The standard InChI is InChI=1S/C26H30N2O2/c1-18-4-2-5-21(16-18)19-6-8-22(9-7-19)27-24(29)20-10-14-28(15-11-20)25(30)23-17-26(23)12-3-13-26/h2,4-9,16,20,23H,3,10-15,17H2,1H3,(H,27,29)/t23-/m0/s1. The van der Waals surface area contributed by atoms with Gasteiger partial charge in [0.2, 0.25) is 11.8 Å². The number of carbonyl (C=O) groups is 2. The van der Waals surface area contributed by atoms with Gasteiger partial charge in [-0.05, 0) is 67.7 Å². The summed E-state index contributed by atoms with van der Waals surface area (Å²) >= 11 is 0. The Morgan fingerprint density at radius 2 is 1.73 bits per heavy atom. The number of benzene rings is 2. The second-order valence-corrected chi connectivity index (χ2v) is 9.51. The lowest BCUT2D eigenvalue weighted by Crippen LogP contribution is -2.43. The lowest BCUT2D eigenvalue weighted by molar-refractivity contribution is -0.137. The summed E-state index contributed by atoms with van der Waals surface area (Å²) in [5.41, 5.74) is 4.78. The summed E-state index contributed by atoms with van der Waals surface area (Å²) < 4.78 is 0. The van der Waals surface area contributed by atoms with Gasteiger partial charge < -0.3 is 10.2 Å². The van der Waals surface area contributed by atoms with E-state index >= 15 is 0 Å². The van der Waals surface area contributed by atoms with Crippen molar-refractivity contribution in [3.05, 3.63) is 54.1 Å². The van der Waals surface area contributed by atoms with Crippen LogP contribution in [0.5, 0.6) is 0 Å². The van der Waals surface area contributed by atoms with Crippen LogP contribution in [0.4, 0.5) is 5.69 Å². The first kappa shape index (κ1) is 19.3. The quantitative estimate of drug-likeness (QED) is 0.780. The molecule has 0 aromatic heterocycles. The molecule has 0 radical (unpaired) electrons. The lowest BCUT2D eigenvalue weighted by atomic mass is 9.79. The van der Waals surface area contributed by atoms with Crippen LogP contribution in [0.25, 0.3) is 11.1 Å². The van der Waals surface area contributed by atoms with Gasteiger partial charge >= 0.3 is 0 Å². The van der Waals surface area contributed by atoms with E-state index in [0.29, 0.717) is 11.3 Å². The van der Waals surface area contributed by atoms with E-state index in [1.54, 1.807) is 0 Å². The summed E-state index contributed by atoms with van der Waals surface area (Å²) in [6.45, 7) is 3.53. The summed E-state index contributed by atoms with van der Waals surface area (Å²) in [5, 5.41) is 3.07. The molecule has 156 valence electrons. The average Bonchev–Trinajstić information content (AvgIpc) is 3.51. The van der Waals surface area contributed by atoms with Crippen LogP contribution in [0.2, 0.25) is 0 Å². The van der Waals surface area contributed by atoms with Crippen LogP contribution in [-0.4, -0.2) is 29.8 Å². The van der Waals surface area contributed by atoms with Gasteiger partial charge in [0, 0.05) is 30.6 Å².